The second-order valence-electron chi connectivity index (χ2n) is 7.33. The van der Waals surface area contributed by atoms with Crippen LogP contribution < -0.4 is 6.15 Å². The highest BCUT2D eigenvalue weighted by molar-refractivity contribution is 7.79. The molecule has 0 bridgehead atoms. The molecule has 4 N–H and O–H groups in total. The largest absolute Gasteiger partial charge is 0.726 e. The van der Waals surface area contributed by atoms with Crippen LogP contribution >= 0.6 is 0 Å². The third-order valence-electron chi connectivity index (χ3n) is 3.68. The van der Waals surface area contributed by atoms with Crippen LogP contribution in [0.3, 0.4) is 0 Å². The van der Waals surface area contributed by atoms with Crippen LogP contribution in [0.5, 0.6) is 0 Å². The summed E-state index contributed by atoms with van der Waals surface area (Å²) in [5, 5.41) is 0. The monoisotopic (exact) mass is 370 g/mol. The smallest absolute Gasteiger partial charge is 0.215 e. The van der Waals surface area contributed by atoms with Gasteiger partial charge in [0.05, 0.1) is 27.7 Å². The molecule has 0 fully saturated rings. The van der Waals surface area contributed by atoms with E-state index in [0.29, 0.717) is 0 Å². The molecule has 0 aromatic heterocycles. The first-order chi connectivity index (χ1) is 10.6. The summed E-state index contributed by atoms with van der Waals surface area (Å²) in [6.45, 7) is 3.62. The van der Waals surface area contributed by atoms with E-state index in [9.17, 15) is 0 Å². The van der Waals surface area contributed by atoms with E-state index < -0.39 is 10.4 Å². The minimum Gasteiger partial charge on any atom is -0.726 e. The van der Waals surface area contributed by atoms with Gasteiger partial charge in [0.1, 0.15) is 0 Å². The van der Waals surface area contributed by atoms with E-state index in [0.717, 1.165) is 4.48 Å². The van der Waals surface area contributed by atoms with E-state index >= 15 is 0 Å². The van der Waals surface area contributed by atoms with Crippen molar-refractivity contribution >= 4 is 10.4 Å². The van der Waals surface area contributed by atoms with Crippen LogP contribution in [0, 0.1) is 0 Å². The van der Waals surface area contributed by atoms with Crippen LogP contribution in [0.2, 0.25) is 0 Å². The van der Waals surface area contributed by atoms with Crippen molar-refractivity contribution < 1.29 is 22.0 Å². The molecule has 0 atom stereocenters. The number of rotatable bonds is 13. The lowest BCUT2D eigenvalue weighted by atomic mass is 10.1. The quantitative estimate of drug-likeness (QED) is 0.213. The SMILES string of the molecule is CCCCCCCCCCCCCC[N+](C)(C)C.N.O=S(=O)([O-])O. The van der Waals surface area contributed by atoms with Crippen LogP contribution in [0.15, 0.2) is 0 Å². The van der Waals surface area contributed by atoms with Gasteiger partial charge in [-0.25, -0.2) is 8.42 Å². The maximum atomic E-state index is 8.63. The van der Waals surface area contributed by atoms with E-state index in [4.69, 9.17) is 17.5 Å². The number of hydrogen-bond donors (Lipinski definition) is 2. The Morgan fingerprint density at radius 3 is 1.25 bits per heavy atom. The lowest BCUT2D eigenvalue weighted by Gasteiger charge is -2.23. The predicted octanol–water partition coefficient (Wildman–Crippen LogP) is 4.56. The molecule has 0 saturated carbocycles. The Labute approximate surface area is 150 Å². The minimum atomic E-state index is -4.92. The zero-order valence-corrected chi connectivity index (χ0v) is 17.2. The lowest BCUT2D eigenvalue weighted by molar-refractivity contribution is -0.870. The van der Waals surface area contributed by atoms with Crippen molar-refractivity contribution in [3.63, 3.8) is 0 Å². The van der Waals surface area contributed by atoms with Crippen molar-refractivity contribution in [2.75, 3.05) is 27.7 Å². The number of nitrogens with zero attached hydrogens (tertiary/aromatic N) is 1. The zero-order chi connectivity index (χ0) is 18.2. The summed E-state index contributed by atoms with van der Waals surface area (Å²) in [6.07, 6.45) is 17.4. The molecule has 0 rings (SSSR count). The Morgan fingerprint density at radius 1 is 0.750 bits per heavy atom. The van der Waals surface area contributed by atoms with Gasteiger partial charge >= 0.3 is 0 Å². The van der Waals surface area contributed by atoms with E-state index in [1.807, 2.05) is 0 Å². The lowest BCUT2D eigenvalue weighted by Crippen LogP contribution is -2.35. The molecule has 0 saturated heterocycles. The normalized spacial score (nSPS) is 11.4. The van der Waals surface area contributed by atoms with Crippen molar-refractivity contribution in [2.45, 2.75) is 84.0 Å². The van der Waals surface area contributed by atoms with Gasteiger partial charge in [-0.15, -0.1) is 0 Å². The predicted molar refractivity (Wildman–Crippen MR) is 101 cm³/mol. The zero-order valence-electron chi connectivity index (χ0n) is 16.4. The summed E-state index contributed by atoms with van der Waals surface area (Å²) in [6, 6.07) is 0. The Balaban J connectivity index is -0.000000639. The van der Waals surface area contributed by atoms with Gasteiger partial charge in [0.2, 0.25) is 10.4 Å². The fourth-order valence-electron chi connectivity index (χ4n) is 2.43. The molecule has 0 aliphatic rings. The van der Waals surface area contributed by atoms with Gasteiger partial charge in [0.25, 0.3) is 0 Å². The molecule has 0 aliphatic heterocycles. The number of quaternary nitrogens is 1. The van der Waals surface area contributed by atoms with Crippen LogP contribution in [0.1, 0.15) is 84.0 Å². The second-order valence-corrected chi connectivity index (χ2v) is 8.19. The Hall–Kier alpha value is -0.210. The Morgan fingerprint density at radius 2 is 1.00 bits per heavy atom. The standard InChI is InChI=1S/C17H38N.H3N.H2O4S/c1-5-6-7-8-9-10-11-12-13-14-15-16-17-18(2,3)4;;1-5(2,3)4/h5-17H2,1-4H3;1H3;(H2,1,2,3,4)/q+1;;/p-1. The molecule has 0 unspecified atom stereocenters. The van der Waals surface area contributed by atoms with Crippen molar-refractivity contribution in [3.05, 3.63) is 0 Å². The second kappa shape index (κ2) is 17.6. The highest BCUT2D eigenvalue weighted by Crippen LogP contribution is 2.12. The van der Waals surface area contributed by atoms with Gasteiger partial charge in [-0.1, -0.05) is 71.1 Å². The molecule has 7 heteroatoms. The molecule has 0 amide bonds. The molecular formula is C17H42N2O4S. The highest BCUT2D eigenvalue weighted by atomic mass is 32.3. The Bertz CT molecular complexity index is 333. The first-order valence-electron chi connectivity index (χ1n) is 9.05. The van der Waals surface area contributed by atoms with Crippen molar-refractivity contribution in [1.82, 2.24) is 6.15 Å². The van der Waals surface area contributed by atoms with Gasteiger partial charge in [-0.05, 0) is 12.8 Å². The molecule has 0 heterocycles. The first kappa shape index (κ1) is 28.6. The molecule has 0 aromatic rings. The average Bonchev–Trinajstić information content (AvgIpc) is 2.37. The molecule has 0 aromatic carbocycles. The summed E-state index contributed by atoms with van der Waals surface area (Å²) in [5.41, 5.74) is 0. The van der Waals surface area contributed by atoms with E-state index in [2.05, 4.69) is 28.1 Å². The topological polar surface area (TPSA) is 112 Å². The number of unbranched alkanes of at least 4 members (excludes halogenated alkanes) is 11. The van der Waals surface area contributed by atoms with Crippen molar-refractivity contribution in [1.29, 1.82) is 0 Å². The third-order valence-corrected chi connectivity index (χ3v) is 3.68. The van der Waals surface area contributed by atoms with Crippen molar-refractivity contribution in [2.24, 2.45) is 0 Å². The maximum absolute atomic E-state index is 8.63. The first-order valence-corrected chi connectivity index (χ1v) is 10.4. The van der Waals surface area contributed by atoms with Gasteiger partial charge in [-0.2, -0.15) is 0 Å². The summed E-state index contributed by atoms with van der Waals surface area (Å²) >= 11 is 0. The highest BCUT2D eigenvalue weighted by Gasteiger charge is 2.04. The third kappa shape index (κ3) is 43.1. The fourth-order valence-corrected chi connectivity index (χ4v) is 2.43. The molecule has 0 aliphatic carbocycles. The summed E-state index contributed by atoms with van der Waals surface area (Å²) in [4.78, 5) is 0. The Kier molecular flexibility index (Phi) is 21.0. The summed E-state index contributed by atoms with van der Waals surface area (Å²) in [5.74, 6) is 0. The number of hydrogen-bond acceptors (Lipinski definition) is 4. The van der Waals surface area contributed by atoms with Gasteiger partial charge in [0.15, 0.2) is 0 Å². The van der Waals surface area contributed by atoms with Gasteiger partial charge in [0, 0.05) is 0 Å². The van der Waals surface area contributed by atoms with E-state index in [1.54, 1.807) is 0 Å². The van der Waals surface area contributed by atoms with E-state index in [-0.39, 0.29) is 6.15 Å². The fraction of sp³-hybridized carbons (Fsp3) is 1.00. The van der Waals surface area contributed by atoms with E-state index in [1.165, 1.54) is 83.6 Å². The molecule has 6 nitrogen and oxygen atoms in total. The molecule has 24 heavy (non-hydrogen) atoms. The molecule has 0 radical (unpaired) electrons. The van der Waals surface area contributed by atoms with Crippen LogP contribution in [0.25, 0.3) is 0 Å². The van der Waals surface area contributed by atoms with Crippen molar-refractivity contribution in [3.8, 4) is 0 Å². The van der Waals surface area contributed by atoms with Gasteiger partial charge < -0.3 is 15.2 Å². The molecular weight excluding hydrogens is 328 g/mol. The summed E-state index contributed by atoms with van der Waals surface area (Å²) < 4.78 is 34.0. The van der Waals surface area contributed by atoms with Crippen LogP contribution in [-0.2, 0) is 10.4 Å². The maximum Gasteiger partial charge on any atom is 0.215 e. The summed E-state index contributed by atoms with van der Waals surface area (Å²) in [7, 11) is 1.95. The van der Waals surface area contributed by atoms with Crippen LogP contribution in [0.4, 0.5) is 0 Å². The molecule has 150 valence electrons. The minimum absolute atomic E-state index is 0. The van der Waals surface area contributed by atoms with Crippen LogP contribution in [-0.4, -0.2) is 49.7 Å². The molecule has 0 spiro atoms. The average molecular weight is 371 g/mol. The van der Waals surface area contributed by atoms with Gasteiger partial charge in [-0.3, -0.25) is 4.55 Å².